The highest BCUT2D eigenvalue weighted by Gasteiger charge is 2.40. The number of anilines is 1. The molecule has 4 heteroatoms. The van der Waals surface area contributed by atoms with Gasteiger partial charge in [-0.05, 0) is 66.4 Å². The molecule has 1 aliphatic carbocycles. The van der Waals surface area contributed by atoms with Crippen LogP contribution in [-0.4, -0.2) is 11.8 Å². The highest BCUT2D eigenvalue weighted by atomic mass is 79.9. The van der Waals surface area contributed by atoms with Crippen LogP contribution in [0.2, 0.25) is 0 Å². The molecule has 24 heavy (non-hydrogen) atoms. The van der Waals surface area contributed by atoms with E-state index in [0.29, 0.717) is 5.78 Å². The molecule has 2 aromatic carbocycles. The lowest BCUT2D eigenvalue weighted by atomic mass is 9.83. The molecular formula is C20H20BrNO2. The van der Waals surface area contributed by atoms with Crippen LogP contribution in [0.3, 0.4) is 0 Å². The standard InChI is InChI=1S/C20H20BrNO2/c1-12-15(19(23)13-7-8-13)11-16-18(22-12)10-9-17(21)20(16)24-14-5-3-2-4-6-14/h2-6,9-10,12-13,15,22H,7-8,11H2,1H3/t12-,15?/m0/s1. The summed E-state index contributed by atoms with van der Waals surface area (Å²) < 4.78 is 7.06. The molecule has 2 aliphatic rings. The number of halogens is 1. The van der Waals surface area contributed by atoms with Crippen molar-refractivity contribution in [3.05, 3.63) is 52.5 Å². The molecule has 0 amide bonds. The van der Waals surface area contributed by atoms with Gasteiger partial charge in [-0.15, -0.1) is 0 Å². The van der Waals surface area contributed by atoms with E-state index in [0.717, 1.165) is 46.5 Å². The van der Waals surface area contributed by atoms with Crippen molar-refractivity contribution < 1.29 is 9.53 Å². The van der Waals surface area contributed by atoms with Crippen molar-refractivity contribution in [2.45, 2.75) is 32.2 Å². The van der Waals surface area contributed by atoms with E-state index >= 15 is 0 Å². The van der Waals surface area contributed by atoms with Crippen LogP contribution in [0.1, 0.15) is 25.3 Å². The fourth-order valence-corrected chi connectivity index (χ4v) is 3.87. The summed E-state index contributed by atoms with van der Waals surface area (Å²) in [5, 5.41) is 3.51. The third-order valence-electron chi connectivity index (χ3n) is 4.93. The monoisotopic (exact) mass is 385 g/mol. The molecule has 0 spiro atoms. The molecule has 0 aromatic heterocycles. The van der Waals surface area contributed by atoms with Gasteiger partial charge in [0.2, 0.25) is 0 Å². The Bertz CT molecular complexity index is 771. The van der Waals surface area contributed by atoms with Gasteiger partial charge in [-0.3, -0.25) is 4.79 Å². The molecule has 0 bridgehead atoms. The van der Waals surface area contributed by atoms with Crippen molar-refractivity contribution in [2.24, 2.45) is 11.8 Å². The first-order valence-electron chi connectivity index (χ1n) is 8.48. The van der Waals surface area contributed by atoms with E-state index in [-0.39, 0.29) is 17.9 Å². The van der Waals surface area contributed by atoms with Gasteiger partial charge in [-0.25, -0.2) is 0 Å². The summed E-state index contributed by atoms with van der Waals surface area (Å²) in [7, 11) is 0. The smallest absolute Gasteiger partial charge is 0.146 e. The number of rotatable bonds is 4. The molecule has 1 N–H and O–H groups in total. The second kappa shape index (κ2) is 6.25. The summed E-state index contributed by atoms with van der Waals surface area (Å²) in [5.41, 5.74) is 2.15. The van der Waals surface area contributed by atoms with Crippen molar-refractivity contribution in [1.29, 1.82) is 0 Å². The van der Waals surface area contributed by atoms with Crippen LogP contribution in [0.5, 0.6) is 11.5 Å². The number of hydrogen-bond donors (Lipinski definition) is 1. The number of nitrogens with one attached hydrogen (secondary N) is 1. The van der Waals surface area contributed by atoms with Crippen molar-refractivity contribution in [3.63, 3.8) is 0 Å². The Labute approximate surface area is 150 Å². The van der Waals surface area contributed by atoms with Gasteiger partial charge >= 0.3 is 0 Å². The summed E-state index contributed by atoms with van der Waals surface area (Å²) >= 11 is 3.61. The Morgan fingerprint density at radius 1 is 1.17 bits per heavy atom. The van der Waals surface area contributed by atoms with Crippen molar-refractivity contribution in [1.82, 2.24) is 0 Å². The number of ether oxygens (including phenoxy) is 1. The first-order valence-corrected chi connectivity index (χ1v) is 9.27. The molecule has 1 unspecified atom stereocenters. The van der Waals surface area contributed by atoms with Crippen LogP contribution < -0.4 is 10.1 Å². The molecular weight excluding hydrogens is 366 g/mol. The highest BCUT2D eigenvalue weighted by Crippen LogP contribution is 2.44. The summed E-state index contributed by atoms with van der Waals surface area (Å²) in [6.45, 7) is 2.10. The number of ketones is 1. The van der Waals surface area contributed by atoms with E-state index in [9.17, 15) is 4.79 Å². The maximum Gasteiger partial charge on any atom is 0.146 e. The van der Waals surface area contributed by atoms with E-state index in [4.69, 9.17) is 4.74 Å². The number of para-hydroxylation sites is 1. The summed E-state index contributed by atoms with van der Waals surface area (Å²) in [6, 6.07) is 14.0. The molecule has 2 aromatic rings. The van der Waals surface area contributed by atoms with Gasteiger partial charge < -0.3 is 10.1 Å². The van der Waals surface area contributed by atoms with Gasteiger partial charge in [0.25, 0.3) is 0 Å². The molecule has 4 rings (SSSR count). The van der Waals surface area contributed by atoms with Gasteiger partial charge in [-0.2, -0.15) is 0 Å². The Morgan fingerprint density at radius 2 is 1.92 bits per heavy atom. The second-order valence-corrected chi connectivity index (χ2v) is 7.59. The quantitative estimate of drug-likeness (QED) is 0.786. The molecule has 1 saturated carbocycles. The number of carbonyl (C=O) groups is 1. The summed E-state index contributed by atoms with van der Waals surface area (Å²) in [4.78, 5) is 12.6. The SMILES string of the molecule is C[C@@H]1Nc2ccc(Br)c(Oc3ccccc3)c2CC1C(=O)C1CC1. The number of fused-ring (bicyclic) bond motifs is 1. The predicted molar refractivity (Wildman–Crippen MR) is 98.7 cm³/mol. The lowest BCUT2D eigenvalue weighted by Crippen LogP contribution is -2.38. The van der Waals surface area contributed by atoms with Crippen LogP contribution in [0.25, 0.3) is 0 Å². The van der Waals surface area contributed by atoms with Gasteiger partial charge in [0, 0.05) is 29.1 Å². The maximum atomic E-state index is 12.6. The number of benzene rings is 2. The zero-order valence-corrected chi connectivity index (χ0v) is 15.2. The zero-order valence-electron chi connectivity index (χ0n) is 13.6. The zero-order chi connectivity index (χ0) is 16.7. The molecule has 1 aliphatic heterocycles. The van der Waals surface area contributed by atoms with E-state index in [1.165, 1.54) is 0 Å². The van der Waals surface area contributed by atoms with Crippen molar-refractivity contribution in [2.75, 3.05) is 5.32 Å². The lowest BCUT2D eigenvalue weighted by molar-refractivity contribution is -0.124. The fourth-order valence-electron chi connectivity index (χ4n) is 3.41. The molecule has 0 saturated heterocycles. The van der Waals surface area contributed by atoms with Gasteiger partial charge in [0.05, 0.1) is 4.47 Å². The molecule has 124 valence electrons. The Hall–Kier alpha value is -1.81. The fraction of sp³-hybridized carbons (Fsp3) is 0.350. The Kier molecular flexibility index (Phi) is 4.09. The Balaban J connectivity index is 1.69. The van der Waals surface area contributed by atoms with E-state index in [1.807, 2.05) is 36.4 Å². The van der Waals surface area contributed by atoms with Crippen LogP contribution >= 0.6 is 15.9 Å². The summed E-state index contributed by atoms with van der Waals surface area (Å²) in [5.74, 6) is 2.33. The van der Waals surface area contributed by atoms with Gasteiger partial charge in [-0.1, -0.05) is 18.2 Å². The maximum absolute atomic E-state index is 12.6. The third-order valence-corrected chi connectivity index (χ3v) is 5.56. The van der Waals surface area contributed by atoms with E-state index < -0.39 is 0 Å². The molecule has 3 nitrogen and oxygen atoms in total. The van der Waals surface area contributed by atoms with Crippen LogP contribution in [-0.2, 0) is 11.2 Å². The van der Waals surface area contributed by atoms with E-state index in [2.05, 4.69) is 34.2 Å². The Morgan fingerprint density at radius 3 is 2.62 bits per heavy atom. The van der Waals surface area contributed by atoms with E-state index in [1.54, 1.807) is 0 Å². The van der Waals surface area contributed by atoms with Crippen LogP contribution in [0.4, 0.5) is 5.69 Å². The first kappa shape index (κ1) is 15.7. The summed E-state index contributed by atoms with van der Waals surface area (Å²) in [6.07, 6.45) is 2.85. The normalized spacial score (nSPS) is 22.4. The molecule has 1 fully saturated rings. The second-order valence-electron chi connectivity index (χ2n) is 6.74. The average molecular weight is 386 g/mol. The van der Waals surface area contributed by atoms with Crippen LogP contribution in [0, 0.1) is 11.8 Å². The number of Topliss-reactive ketones (excluding diaryl/α,β-unsaturated/α-hetero) is 1. The molecule has 1 heterocycles. The third kappa shape index (κ3) is 2.95. The minimum Gasteiger partial charge on any atom is -0.456 e. The largest absolute Gasteiger partial charge is 0.456 e. The molecule has 2 atom stereocenters. The predicted octanol–water partition coefficient (Wildman–Crippen LogP) is 5.19. The van der Waals surface area contributed by atoms with Crippen LogP contribution in [0.15, 0.2) is 46.9 Å². The highest BCUT2D eigenvalue weighted by molar-refractivity contribution is 9.10. The average Bonchev–Trinajstić information content (AvgIpc) is 3.42. The molecule has 0 radical (unpaired) electrons. The van der Waals surface area contributed by atoms with Gasteiger partial charge in [0.1, 0.15) is 17.3 Å². The number of carbonyl (C=O) groups excluding carboxylic acids is 1. The topological polar surface area (TPSA) is 38.3 Å². The number of hydrogen-bond acceptors (Lipinski definition) is 3. The van der Waals surface area contributed by atoms with Crippen molar-refractivity contribution >= 4 is 27.4 Å². The first-order chi connectivity index (χ1) is 11.6. The minimum atomic E-state index is 0.0254. The lowest BCUT2D eigenvalue weighted by Gasteiger charge is -2.33. The van der Waals surface area contributed by atoms with Gasteiger partial charge in [0.15, 0.2) is 0 Å². The van der Waals surface area contributed by atoms with Crippen molar-refractivity contribution in [3.8, 4) is 11.5 Å². The minimum absolute atomic E-state index is 0.0254.